The van der Waals surface area contributed by atoms with Gasteiger partial charge in [0, 0.05) is 12.0 Å². The number of benzene rings is 1. The molecule has 0 radical (unpaired) electrons. The third-order valence-electron chi connectivity index (χ3n) is 3.35. The molecule has 0 N–H and O–H groups in total. The quantitative estimate of drug-likeness (QED) is 0.629. The van der Waals surface area contributed by atoms with E-state index in [9.17, 15) is 0 Å². The second-order valence-corrected chi connectivity index (χ2v) is 4.74. The molecule has 0 amide bonds. The SMILES string of the molecule is CCC[N+]1(C)CCc2ccccc2C1. The van der Waals surface area contributed by atoms with Crippen LogP contribution in [0.5, 0.6) is 0 Å². The van der Waals surface area contributed by atoms with Crippen molar-refractivity contribution < 1.29 is 4.48 Å². The van der Waals surface area contributed by atoms with Gasteiger partial charge in [0.15, 0.2) is 0 Å². The van der Waals surface area contributed by atoms with Gasteiger partial charge in [-0.25, -0.2) is 0 Å². The van der Waals surface area contributed by atoms with Crippen molar-refractivity contribution in [3.8, 4) is 0 Å². The van der Waals surface area contributed by atoms with Crippen molar-refractivity contribution in [3.05, 3.63) is 35.4 Å². The van der Waals surface area contributed by atoms with Crippen LogP contribution in [0.15, 0.2) is 24.3 Å². The van der Waals surface area contributed by atoms with Crippen LogP contribution in [0.3, 0.4) is 0 Å². The van der Waals surface area contributed by atoms with E-state index in [0.29, 0.717) is 0 Å². The Labute approximate surface area is 86.9 Å². The molecule has 1 aliphatic rings. The van der Waals surface area contributed by atoms with E-state index in [1.165, 1.54) is 37.0 Å². The highest BCUT2D eigenvalue weighted by molar-refractivity contribution is 5.27. The highest BCUT2D eigenvalue weighted by Crippen LogP contribution is 2.23. The number of quaternary nitrogens is 1. The summed E-state index contributed by atoms with van der Waals surface area (Å²) in [5.41, 5.74) is 3.13. The Kier molecular flexibility index (Phi) is 2.60. The van der Waals surface area contributed by atoms with Gasteiger partial charge in [-0.1, -0.05) is 31.2 Å². The van der Waals surface area contributed by atoms with E-state index in [0.717, 1.165) is 0 Å². The van der Waals surface area contributed by atoms with Crippen molar-refractivity contribution in [1.82, 2.24) is 0 Å². The van der Waals surface area contributed by atoms with Crippen molar-refractivity contribution in [2.24, 2.45) is 0 Å². The smallest absolute Gasteiger partial charge is 0.104 e. The average molecular weight is 190 g/mol. The lowest BCUT2D eigenvalue weighted by molar-refractivity contribution is -0.924. The normalized spacial score (nSPS) is 25.9. The lowest BCUT2D eigenvalue weighted by Crippen LogP contribution is -2.47. The first-order chi connectivity index (χ1) is 6.73. The van der Waals surface area contributed by atoms with E-state index in [1.807, 2.05) is 0 Å². The fourth-order valence-corrected chi connectivity index (χ4v) is 2.57. The monoisotopic (exact) mass is 190 g/mol. The molecule has 1 unspecified atom stereocenters. The molecule has 0 fully saturated rings. The minimum atomic E-state index is 1.23. The van der Waals surface area contributed by atoms with Crippen LogP contribution in [0, 0.1) is 0 Å². The van der Waals surface area contributed by atoms with E-state index < -0.39 is 0 Å². The summed E-state index contributed by atoms with van der Waals surface area (Å²) < 4.78 is 1.23. The molecule has 1 aromatic rings. The summed E-state index contributed by atoms with van der Waals surface area (Å²) in [6.07, 6.45) is 2.55. The van der Waals surface area contributed by atoms with Crippen LogP contribution < -0.4 is 0 Å². The average Bonchev–Trinajstić information content (AvgIpc) is 2.17. The van der Waals surface area contributed by atoms with Gasteiger partial charge in [-0.15, -0.1) is 0 Å². The van der Waals surface area contributed by atoms with Gasteiger partial charge < -0.3 is 4.48 Å². The van der Waals surface area contributed by atoms with Crippen LogP contribution in [-0.4, -0.2) is 24.6 Å². The van der Waals surface area contributed by atoms with E-state index in [1.54, 1.807) is 11.1 Å². The van der Waals surface area contributed by atoms with Gasteiger partial charge in [0.05, 0.1) is 20.1 Å². The molecule has 76 valence electrons. The molecule has 0 bridgehead atoms. The number of fused-ring (bicyclic) bond motifs is 1. The summed E-state index contributed by atoms with van der Waals surface area (Å²) in [5.74, 6) is 0. The second kappa shape index (κ2) is 3.74. The van der Waals surface area contributed by atoms with Crippen LogP contribution in [0.2, 0.25) is 0 Å². The van der Waals surface area contributed by atoms with Crippen LogP contribution in [0.25, 0.3) is 0 Å². The van der Waals surface area contributed by atoms with Crippen LogP contribution in [0.4, 0.5) is 0 Å². The fourth-order valence-electron chi connectivity index (χ4n) is 2.57. The Bertz CT molecular complexity index is 319. The summed E-state index contributed by atoms with van der Waals surface area (Å²) in [7, 11) is 2.39. The Hall–Kier alpha value is -0.820. The van der Waals surface area contributed by atoms with Crippen molar-refractivity contribution in [3.63, 3.8) is 0 Å². The molecule has 1 aromatic carbocycles. The summed E-state index contributed by atoms with van der Waals surface area (Å²) >= 11 is 0. The van der Waals surface area contributed by atoms with Gasteiger partial charge in [0.25, 0.3) is 0 Å². The third-order valence-corrected chi connectivity index (χ3v) is 3.35. The predicted molar refractivity (Wildman–Crippen MR) is 60.1 cm³/mol. The molecule has 1 nitrogen and oxygen atoms in total. The summed E-state index contributed by atoms with van der Waals surface area (Å²) in [4.78, 5) is 0. The molecule has 0 spiro atoms. The lowest BCUT2D eigenvalue weighted by Gasteiger charge is -2.38. The maximum absolute atomic E-state index is 2.39. The molecule has 0 saturated heterocycles. The maximum Gasteiger partial charge on any atom is 0.104 e. The Balaban J connectivity index is 2.20. The highest BCUT2D eigenvalue weighted by atomic mass is 15.3. The zero-order valence-corrected chi connectivity index (χ0v) is 9.29. The van der Waals surface area contributed by atoms with Crippen molar-refractivity contribution in [2.45, 2.75) is 26.3 Å². The highest BCUT2D eigenvalue weighted by Gasteiger charge is 2.26. The van der Waals surface area contributed by atoms with Crippen molar-refractivity contribution in [1.29, 1.82) is 0 Å². The van der Waals surface area contributed by atoms with Crippen LogP contribution in [0.1, 0.15) is 24.5 Å². The first-order valence-electron chi connectivity index (χ1n) is 5.64. The van der Waals surface area contributed by atoms with Crippen LogP contribution in [-0.2, 0) is 13.0 Å². The van der Waals surface area contributed by atoms with E-state index in [4.69, 9.17) is 0 Å². The van der Waals surface area contributed by atoms with Crippen molar-refractivity contribution >= 4 is 0 Å². The van der Waals surface area contributed by atoms with Crippen molar-refractivity contribution in [2.75, 3.05) is 20.1 Å². The van der Waals surface area contributed by atoms with Gasteiger partial charge in [-0.05, 0) is 12.0 Å². The van der Waals surface area contributed by atoms with Gasteiger partial charge in [0.2, 0.25) is 0 Å². The van der Waals surface area contributed by atoms with Gasteiger partial charge in [-0.3, -0.25) is 0 Å². The van der Waals surface area contributed by atoms with E-state index in [-0.39, 0.29) is 0 Å². The van der Waals surface area contributed by atoms with Gasteiger partial charge in [-0.2, -0.15) is 0 Å². The summed E-state index contributed by atoms with van der Waals surface area (Å²) in [5, 5.41) is 0. The number of hydrogen-bond acceptors (Lipinski definition) is 0. The minimum absolute atomic E-state index is 1.23. The first kappa shape index (κ1) is 9.72. The Morgan fingerprint density at radius 1 is 1.21 bits per heavy atom. The molecule has 1 heterocycles. The molecular formula is C13H20N+. The molecule has 1 aliphatic heterocycles. The lowest BCUT2D eigenvalue weighted by atomic mass is 9.98. The number of rotatable bonds is 2. The number of nitrogens with zero attached hydrogens (tertiary/aromatic N) is 1. The van der Waals surface area contributed by atoms with E-state index >= 15 is 0 Å². The topological polar surface area (TPSA) is 0 Å². The molecule has 0 aromatic heterocycles. The molecule has 1 atom stereocenters. The fraction of sp³-hybridized carbons (Fsp3) is 0.538. The molecule has 1 heteroatoms. The van der Waals surface area contributed by atoms with Gasteiger partial charge >= 0.3 is 0 Å². The largest absolute Gasteiger partial charge is 0.322 e. The van der Waals surface area contributed by atoms with Crippen LogP contribution >= 0.6 is 0 Å². The minimum Gasteiger partial charge on any atom is -0.322 e. The Morgan fingerprint density at radius 3 is 2.64 bits per heavy atom. The molecular weight excluding hydrogens is 170 g/mol. The zero-order chi connectivity index (χ0) is 10.0. The predicted octanol–water partition coefficient (Wildman–Crippen LogP) is 2.60. The second-order valence-electron chi connectivity index (χ2n) is 4.74. The number of hydrogen-bond donors (Lipinski definition) is 0. The maximum atomic E-state index is 2.39. The molecule has 2 rings (SSSR count). The first-order valence-corrected chi connectivity index (χ1v) is 5.64. The summed E-state index contributed by atoms with van der Waals surface area (Å²) in [6, 6.07) is 8.90. The van der Waals surface area contributed by atoms with Gasteiger partial charge in [0.1, 0.15) is 6.54 Å². The molecule has 0 aliphatic carbocycles. The van der Waals surface area contributed by atoms with E-state index in [2.05, 4.69) is 38.2 Å². The Morgan fingerprint density at radius 2 is 1.93 bits per heavy atom. The zero-order valence-electron chi connectivity index (χ0n) is 9.29. The standard InChI is InChI=1S/C13H20N/c1-3-9-14(2)10-8-12-6-4-5-7-13(12)11-14/h4-7H,3,8-11H2,1-2H3/q+1. The summed E-state index contributed by atoms with van der Waals surface area (Å²) in [6.45, 7) is 6.13. The third kappa shape index (κ3) is 1.83. The number of likely N-dealkylation sites (N-methyl/N-ethyl adjacent to an activating group) is 1. The molecule has 14 heavy (non-hydrogen) atoms. The molecule has 0 saturated carbocycles.